The van der Waals surface area contributed by atoms with Crippen LogP contribution in [0.25, 0.3) is 0 Å². The zero-order chi connectivity index (χ0) is 13.1. The fourth-order valence-electron chi connectivity index (χ4n) is 2.75. The van der Waals surface area contributed by atoms with E-state index >= 15 is 0 Å². The van der Waals surface area contributed by atoms with Crippen LogP contribution in [0.1, 0.15) is 25.8 Å². The maximum atomic E-state index is 6.14. The summed E-state index contributed by atoms with van der Waals surface area (Å²) in [6, 6.07) is 9.44. The first-order valence-electron chi connectivity index (χ1n) is 6.73. The molecule has 1 aromatic rings. The van der Waals surface area contributed by atoms with Crippen LogP contribution in [-0.2, 0) is 11.3 Å². The molecule has 0 bridgehead atoms. The summed E-state index contributed by atoms with van der Waals surface area (Å²) in [5.74, 6) is 0.532. The number of benzene rings is 1. The van der Waals surface area contributed by atoms with Crippen molar-refractivity contribution in [3.63, 3.8) is 0 Å². The molecule has 3 atom stereocenters. The van der Waals surface area contributed by atoms with Gasteiger partial charge in [0.05, 0.1) is 6.61 Å². The number of methoxy groups -OCH3 is 1. The summed E-state index contributed by atoms with van der Waals surface area (Å²) in [5.41, 5.74) is 8.65. The Morgan fingerprint density at radius 3 is 2.89 bits per heavy atom. The Balaban J connectivity index is 2.18. The van der Waals surface area contributed by atoms with Gasteiger partial charge in [0.15, 0.2) is 0 Å². The van der Waals surface area contributed by atoms with Gasteiger partial charge in [0, 0.05) is 31.4 Å². The fourth-order valence-corrected chi connectivity index (χ4v) is 2.75. The van der Waals surface area contributed by atoms with Crippen molar-refractivity contribution < 1.29 is 4.74 Å². The highest BCUT2D eigenvalue weighted by Crippen LogP contribution is 2.28. The normalized spacial score (nSPS) is 28.4. The molecule has 0 amide bonds. The van der Waals surface area contributed by atoms with E-state index in [-0.39, 0.29) is 0 Å². The van der Waals surface area contributed by atoms with Gasteiger partial charge in [0.1, 0.15) is 0 Å². The molecule has 0 spiro atoms. The molecule has 1 aromatic carbocycles. The van der Waals surface area contributed by atoms with Gasteiger partial charge in [-0.3, -0.25) is 0 Å². The third kappa shape index (κ3) is 2.68. The van der Waals surface area contributed by atoms with E-state index in [0.29, 0.717) is 24.6 Å². The van der Waals surface area contributed by atoms with Gasteiger partial charge < -0.3 is 15.4 Å². The van der Waals surface area contributed by atoms with E-state index in [2.05, 4.69) is 43.0 Å². The molecule has 1 heterocycles. The Morgan fingerprint density at radius 2 is 2.17 bits per heavy atom. The van der Waals surface area contributed by atoms with Crippen molar-refractivity contribution in [2.75, 3.05) is 18.6 Å². The highest BCUT2D eigenvalue weighted by atomic mass is 16.5. The molecule has 3 nitrogen and oxygen atoms in total. The summed E-state index contributed by atoms with van der Waals surface area (Å²) in [7, 11) is 1.73. The summed E-state index contributed by atoms with van der Waals surface area (Å²) < 4.78 is 5.20. The average molecular weight is 248 g/mol. The molecule has 2 N–H and O–H groups in total. The molecule has 3 heteroatoms. The zero-order valence-corrected chi connectivity index (χ0v) is 11.6. The van der Waals surface area contributed by atoms with Crippen molar-refractivity contribution in [1.29, 1.82) is 0 Å². The van der Waals surface area contributed by atoms with Gasteiger partial charge in [-0.15, -0.1) is 0 Å². The van der Waals surface area contributed by atoms with Crippen molar-refractivity contribution in [2.45, 2.75) is 39.0 Å². The Hall–Kier alpha value is -1.06. The molecule has 1 aliphatic heterocycles. The summed E-state index contributed by atoms with van der Waals surface area (Å²) in [5, 5.41) is 0. The lowest BCUT2D eigenvalue weighted by Crippen LogP contribution is -2.51. The number of nitrogens with zero attached hydrogens (tertiary/aromatic N) is 1. The molecule has 0 aliphatic carbocycles. The standard InChI is InChI=1S/C15H24N2O/c1-11-12(2)17(8-7-15(11)16)14-6-4-5-13(9-14)10-18-3/h4-6,9,11-12,15H,7-8,10,16H2,1-3H3. The van der Waals surface area contributed by atoms with Crippen molar-refractivity contribution in [3.8, 4) is 0 Å². The first kappa shape index (κ1) is 13.4. The number of anilines is 1. The molecule has 1 fully saturated rings. The Bertz CT molecular complexity index is 394. The molecule has 2 rings (SSSR count). The topological polar surface area (TPSA) is 38.5 Å². The quantitative estimate of drug-likeness (QED) is 0.892. The van der Waals surface area contributed by atoms with Crippen molar-refractivity contribution in [2.24, 2.45) is 11.7 Å². The van der Waals surface area contributed by atoms with Gasteiger partial charge in [0.2, 0.25) is 0 Å². The lowest BCUT2D eigenvalue weighted by atomic mass is 9.87. The number of nitrogens with two attached hydrogens (primary N) is 1. The van der Waals surface area contributed by atoms with Crippen LogP contribution in [0.15, 0.2) is 24.3 Å². The predicted molar refractivity (Wildman–Crippen MR) is 75.7 cm³/mol. The SMILES string of the molecule is COCc1cccc(N2CCC(N)C(C)C2C)c1. The van der Waals surface area contributed by atoms with E-state index in [0.717, 1.165) is 13.0 Å². The van der Waals surface area contributed by atoms with Gasteiger partial charge >= 0.3 is 0 Å². The van der Waals surface area contributed by atoms with Gasteiger partial charge in [-0.1, -0.05) is 19.1 Å². The second kappa shape index (κ2) is 5.72. The smallest absolute Gasteiger partial charge is 0.0713 e. The molecule has 0 radical (unpaired) electrons. The van der Waals surface area contributed by atoms with E-state index in [1.807, 2.05) is 0 Å². The first-order valence-corrected chi connectivity index (χ1v) is 6.73. The lowest BCUT2D eigenvalue weighted by molar-refractivity contribution is 0.185. The maximum Gasteiger partial charge on any atom is 0.0713 e. The average Bonchev–Trinajstić information content (AvgIpc) is 2.37. The number of rotatable bonds is 3. The third-order valence-electron chi connectivity index (χ3n) is 4.18. The molecule has 0 saturated carbocycles. The zero-order valence-electron chi connectivity index (χ0n) is 11.6. The Morgan fingerprint density at radius 1 is 1.39 bits per heavy atom. The Kier molecular flexibility index (Phi) is 4.25. The molecule has 3 unspecified atom stereocenters. The highest BCUT2D eigenvalue weighted by Gasteiger charge is 2.30. The predicted octanol–water partition coefficient (Wildman–Crippen LogP) is 2.40. The number of piperidine rings is 1. The van der Waals surface area contributed by atoms with E-state index in [1.54, 1.807) is 7.11 Å². The minimum atomic E-state index is 0.332. The van der Waals surface area contributed by atoms with E-state index in [4.69, 9.17) is 10.5 Å². The molecular formula is C15H24N2O. The summed E-state index contributed by atoms with van der Waals surface area (Å²) in [4.78, 5) is 2.47. The van der Waals surface area contributed by atoms with Crippen molar-refractivity contribution in [1.82, 2.24) is 0 Å². The van der Waals surface area contributed by atoms with Crippen LogP contribution in [-0.4, -0.2) is 25.7 Å². The van der Waals surface area contributed by atoms with Gasteiger partial charge in [0.25, 0.3) is 0 Å². The second-order valence-electron chi connectivity index (χ2n) is 5.35. The lowest BCUT2D eigenvalue weighted by Gasteiger charge is -2.43. The van der Waals surface area contributed by atoms with Crippen LogP contribution in [0.5, 0.6) is 0 Å². The highest BCUT2D eigenvalue weighted by molar-refractivity contribution is 5.50. The third-order valence-corrected chi connectivity index (χ3v) is 4.18. The number of hydrogen-bond donors (Lipinski definition) is 1. The van der Waals surface area contributed by atoms with Crippen LogP contribution >= 0.6 is 0 Å². The molecule has 0 aromatic heterocycles. The maximum absolute atomic E-state index is 6.14. The summed E-state index contributed by atoms with van der Waals surface area (Å²) in [6.45, 7) is 6.24. The van der Waals surface area contributed by atoms with Crippen LogP contribution in [0.2, 0.25) is 0 Å². The largest absolute Gasteiger partial charge is 0.380 e. The monoisotopic (exact) mass is 248 g/mol. The number of hydrogen-bond acceptors (Lipinski definition) is 3. The molecule has 1 aliphatic rings. The summed E-state index contributed by atoms with van der Waals surface area (Å²) in [6.07, 6.45) is 1.07. The summed E-state index contributed by atoms with van der Waals surface area (Å²) >= 11 is 0. The van der Waals surface area contributed by atoms with Crippen LogP contribution in [0.4, 0.5) is 5.69 Å². The van der Waals surface area contributed by atoms with Crippen LogP contribution < -0.4 is 10.6 Å². The fraction of sp³-hybridized carbons (Fsp3) is 0.600. The van der Waals surface area contributed by atoms with Gasteiger partial charge in [-0.2, -0.15) is 0 Å². The van der Waals surface area contributed by atoms with Crippen molar-refractivity contribution in [3.05, 3.63) is 29.8 Å². The first-order chi connectivity index (χ1) is 8.63. The molecule has 18 heavy (non-hydrogen) atoms. The van der Waals surface area contributed by atoms with E-state index < -0.39 is 0 Å². The second-order valence-corrected chi connectivity index (χ2v) is 5.35. The van der Waals surface area contributed by atoms with Gasteiger partial charge in [-0.05, 0) is 37.0 Å². The van der Waals surface area contributed by atoms with E-state index in [9.17, 15) is 0 Å². The minimum absolute atomic E-state index is 0.332. The van der Waals surface area contributed by atoms with Crippen molar-refractivity contribution >= 4 is 5.69 Å². The Labute approximate surface area is 110 Å². The minimum Gasteiger partial charge on any atom is -0.380 e. The number of ether oxygens (including phenoxy) is 1. The van der Waals surface area contributed by atoms with E-state index in [1.165, 1.54) is 11.3 Å². The van der Waals surface area contributed by atoms with Crippen LogP contribution in [0, 0.1) is 5.92 Å². The molecular weight excluding hydrogens is 224 g/mol. The molecule has 100 valence electrons. The molecule has 1 saturated heterocycles. The van der Waals surface area contributed by atoms with Gasteiger partial charge in [-0.25, -0.2) is 0 Å². The van der Waals surface area contributed by atoms with Crippen LogP contribution in [0.3, 0.4) is 0 Å².